The van der Waals surface area contributed by atoms with Gasteiger partial charge in [0.1, 0.15) is 0 Å². The Morgan fingerprint density at radius 3 is 2.59 bits per heavy atom. The Balaban J connectivity index is 2.65. The number of nitrogens with two attached hydrogens (primary N) is 1. The van der Waals surface area contributed by atoms with Crippen molar-refractivity contribution in [3.05, 3.63) is 29.8 Å². The van der Waals surface area contributed by atoms with E-state index < -0.39 is 6.09 Å². The van der Waals surface area contributed by atoms with E-state index in [4.69, 9.17) is 10.5 Å². The van der Waals surface area contributed by atoms with E-state index in [1.165, 1.54) is 0 Å². The Hall–Kier alpha value is -1.55. The summed E-state index contributed by atoms with van der Waals surface area (Å²) < 4.78 is 5.05. The molecule has 0 saturated heterocycles. The van der Waals surface area contributed by atoms with Gasteiger partial charge in [-0.1, -0.05) is 32.0 Å². The van der Waals surface area contributed by atoms with Crippen LogP contribution in [0.2, 0.25) is 0 Å². The highest BCUT2D eigenvalue weighted by Gasteiger charge is 2.10. The minimum absolute atomic E-state index is 0.128. The molecule has 0 aromatic heterocycles. The average molecular weight is 236 g/mol. The predicted octanol–water partition coefficient (Wildman–Crippen LogP) is 2.91. The van der Waals surface area contributed by atoms with Gasteiger partial charge in [0.2, 0.25) is 0 Å². The third kappa shape index (κ3) is 4.44. The van der Waals surface area contributed by atoms with Crippen LogP contribution in [0.3, 0.4) is 0 Å². The third-order valence-corrected chi connectivity index (χ3v) is 2.24. The van der Waals surface area contributed by atoms with Gasteiger partial charge in [-0.2, -0.15) is 0 Å². The van der Waals surface area contributed by atoms with Gasteiger partial charge in [-0.05, 0) is 24.5 Å². The lowest BCUT2D eigenvalue weighted by Gasteiger charge is -2.14. The van der Waals surface area contributed by atoms with E-state index >= 15 is 0 Å². The summed E-state index contributed by atoms with van der Waals surface area (Å²) in [5.41, 5.74) is 7.42. The molecular formula is C13H20N2O2. The fourth-order valence-electron chi connectivity index (χ4n) is 1.40. The van der Waals surface area contributed by atoms with Crippen molar-refractivity contribution in [1.29, 1.82) is 0 Å². The van der Waals surface area contributed by atoms with Crippen molar-refractivity contribution >= 4 is 11.8 Å². The minimum atomic E-state index is -0.438. The smallest absolute Gasteiger partial charge is 0.411 e. The Morgan fingerprint density at radius 1 is 1.35 bits per heavy atom. The molecule has 1 rings (SSSR count). The van der Waals surface area contributed by atoms with Crippen molar-refractivity contribution in [2.45, 2.75) is 26.8 Å². The van der Waals surface area contributed by atoms with E-state index in [0.717, 1.165) is 5.56 Å². The van der Waals surface area contributed by atoms with Crippen LogP contribution in [0.15, 0.2) is 24.3 Å². The quantitative estimate of drug-likeness (QED) is 0.844. The van der Waals surface area contributed by atoms with E-state index in [2.05, 4.69) is 5.32 Å². The Kier molecular flexibility index (Phi) is 4.97. The summed E-state index contributed by atoms with van der Waals surface area (Å²) in [6.07, 6.45) is -0.438. The zero-order valence-corrected chi connectivity index (χ0v) is 10.6. The lowest BCUT2D eigenvalue weighted by molar-refractivity contribution is 0.147. The summed E-state index contributed by atoms with van der Waals surface area (Å²) in [4.78, 5) is 11.5. The van der Waals surface area contributed by atoms with Crippen LogP contribution in [-0.2, 0) is 4.74 Å². The molecule has 1 amide bonds. The van der Waals surface area contributed by atoms with Crippen LogP contribution in [0, 0.1) is 5.92 Å². The molecule has 0 spiro atoms. The maximum Gasteiger partial charge on any atom is 0.411 e. The summed E-state index contributed by atoms with van der Waals surface area (Å²) in [5, 5.41) is 2.71. The zero-order chi connectivity index (χ0) is 12.8. The maximum absolute atomic E-state index is 11.5. The van der Waals surface area contributed by atoms with Gasteiger partial charge >= 0.3 is 6.09 Å². The van der Waals surface area contributed by atoms with E-state index in [0.29, 0.717) is 18.2 Å². The molecule has 0 heterocycles. The highest BCUT2D eigenvalue weighted by atomic mass is 16.5. The van der Waals surface area contributed by atoms with Crippen molar-refractivity contribution in [3.63, 3.8) is 0 Å². The number of carbonyl (C=O) groups is 1. The van der Waals surface area contributed by atoms with Crippen molar-refractivity contribution in [3.8, 4) is 0 Å². The minimum Gasteiger partial charge on any atom is -0.449 e. The molecule has 4 nitrogen and oxygen atoms in total. The summed E-state index contributed by atoms with van der Waals surface area (Å²) in [5.74, 6) is 0.324. The third-order valence-electron chi connectivity index (χ3n) is 2.24. The van der Waals surface area contributed by atoms with Crippen LogP contribution < -0.4 is 11.1 Å². The van der Waals surface area contributed by atoms with Gasteiger partial charge in [0.05, 0.1) is 6.61 Å². The van der Waals surface area contributed by atoms with Gasteiger partial charge in [-0.15, -0.1) is 0 Å². The lowest BCUT2D eigenvalue weighted by atomic mass is 10.1. The van der Waals surface area contributed by atoms with E-state index in [9.17, 15) is 4.79 Å². The van der Waals surface area contributed by atoms with Crippen LogP contribution in [0.25, 0.3) is 0 Å². The molecule has 1 atom stereocenters. The van der Waals surface area contributed by atoms with E-state index in [1.54, 1.807) is 0 Å². The molecule has 0 saturated carbocycles. The molecule has 94 valence electrons. The molecule has 0 aliphatic carbocycles. The van der Waals surface area contributed by atoms with E-state index in [1.807, 2.05) is 45.0 Å². The molecule has 1 aromatic carbocycles. The molecule has 1 aromatic rings. The number of amides is 1. The van der Waals surface area contributed by atoms with Gasteiger partial charge < -0.3 is 10.5 Å². The molecule has 0 aliphatic rings. The topological polar surface area (TPSA) is 64.3 Å². The highest BCUT2D eigenvalue weighted by Crippen LogP contribution is 2.20. The van der Waals surface area contributed by atoms with Gasteiger partial charge in [-0.25, -0.2) is 4.79 Å². The van der Waals surface area contributed by atoms with Crippen LogP contribution >= 0.6 is 0 Å². The molecular weight excluding hydrogens is 216 g/mol. The first-order valence-electron chi connectivity index (χ1n) is 5.79. The van der Waals surface area contributed by atoms with Crippen LogP contribution in [0.5, 0.6) is 0 Å². The monoisotopic (exact) mass is 236 g/mol. The molecule has 0 aliphatic heterocycles. The summed E-state index contributed by atoms with van der Waals surface area (Å²) >= 11 is 0. The average Bonchev–Trinajstić information content (AvgIpc) is 2.27. The molecule has 4 heteroatoms. The largest absolute Gasteiger partial charge is 0.449 e. The van der Waals surface area contributed by atoms with Crippen LogP contribution in [0.4, 0.5) is 10.5 Å². The first-order chi connectivity index (χ1) is 8.00. The number of rotatable bonds is 4. The number of anilines is 1. The molecule has 17 heavy (non-hydrogen) atoms. The number of hydrogen-bond acceptors (Lipinski definition) is 3. The van der Waals surface area contributed by atoms with Crippen LogP contribution in [0.1, 0.15) is 32.4 Å². The number of nitrogens with one attached hydrogen (secondary N) is 1. The second-order valence-electron chi connectivity index (χ2n) is 4.49. The number of hydrogen-bond donors (Lipinski definition) is 2. The van der Waals surface area contributed by atoms with E-state index in [-0.39, 0.29) is 6.04 Å². The lowest BCUT2D eigenvalue weighted by Crippen LogP contribution is -2.18. The number of benzene rings is 1. The van der Waals surface area contributed by atoms with Gasteiger partial charge in [-0.3, -0.25) is 5.32 Å². The number of carbonyl (C=O) groups excluding carboxylic acids is 1. The standard InChI is InChI=1S/C13H20N2O2/c1-9(2)8-17-13(16)15-12-7-5-4-6-11(12)10(3)14/h4-7,9-10H,8,14H2,1-3H3,(H,15,16). The second kappa shape index (κ2) is 6.25. The Morgan fingerprint density at radius 2 is 2.00 bits per heavy atom. The van der Waals surface area contributed by atoms with Crippen molar-refractivity contribution < 1.29 is 9.53 Å². The van der Waals surface area contributed by atoms with Crippen molar-refractivity contribution in [2.75, 3.05) is 11.9 Å². The molecule has 0 fully saturated rings. The second-order valence-corrected chi connectivity index (χ2v) is 4.49. The molecule has 0 bridgehead atoms. The van der Waals surface area contributed by atoms with Crippen molar-refractivity contribution in [1.82, 2.24) is 0 Å². The fraction of sp³-hybridized carbons (Fsp3) is 0.462. The van der Waals surface area contributed by atoms with Crippen LogP contribution in [-0.4, -0.2) is 12.7 Å². The summed E-state index contributed by atoms with van der Waals surface area (Å²) in [6, 6.07) is 7.32. The maximum atomic E-state index is 11.5. The van der Waals surface area contributed by atoms with Gasteiger partial charge in [0, 0.05) is 11.7 Å². The fourth-order valence-corrected chi connectivity index (χ4v) is 1.40. The Bertz CT molecular complexity index is 375. The molecule has 3 N–H and O–H groups in total. The number of para-hydroxylation sites is 1. The first-order valence-corrected chi connectivity index (χ1v) is 5.79. The normalized spacial score (nSPS) is 12.3. The SMILES string of the molecule is CC(C)COC(=O)Nc1ccccc1C(C)N. The Labute approximate surface area is 102 Å². The highest BCUT2D eigenvalue weighted by molar-refractivity contribution is 5.85. The summed E-state index contributed by atoms with van der Waals surface area (Å²) in [7, 11) is 0. The molecule has 1 unspecified atom stereocenters. The van der Waals surface area contributed by atoms with Gasteiger partial charge in [0.15, 0.2) is 0 Å². The number of ether oxygens (including phenoxy) is 1. The first kappa shape index (κ1) is 13.5. The summed E-state index contributed by atoms with van der Waals surface area (Å²) in [6.45, 7) is 6.26. The predicted molar refractivity (Wildman–Crippen MR) is 68.9 cm³/mol. The van der Waals surface area contributed by atoms with Crippen molar-refractivity contribution in [2.24, 2.45) is 11.7 Å². The zero-order valence-electron chi connectivity index (χ0n) is 10.6. The van der Waals surface area contributed by atoms with Gasteiger partial charge in [0.25, 0.3) is 0 Å². The molecule has 0 radical (unpaired) electrons.